The Morgan fingerprint density at radius 2 is 2.30 bits per heavy atom. The van der Waals surface area contributed by atoms with Crippen LogP contribution in [0.4, 0.5) is 0 Å². The van der Waals surface area contributed by atoms with Crippen LogP contribution >= 0.6 is 11.3 Å². The maximum atomic E-state index is 10.5. The largest absolute Gasteiger partial charge is 0.624 e. The van der Waals surface area contributed by atoms with E-state index in [2.05, 4.69) is 0 Å². The van der Waals surface area contributed by atoms with E-state index in [1.807, 2.05) is 19.1 Å². The molecule has 0 aliphatic carbocycles. The Labute approximate surface area is 64.0 Å². The molecule has 0 aliphatic rings. The third-order valence-corrected chi connectivity index (χ3v) is 2.01. The molecule has 1 rings (SSSR count). The van der Waals surface area contributed by atoms with Crippen LogP contribution in [0.15, 0.2) is 12.1 Å². The van der Waals surface area contributed by atoms with E-state index in [-0.39, 0.29) is 0 Å². The van der Waals surface area contributed by atoms with Crippen LogP contribution in [0.3, 0.4) is 0 Å². The summed E-state index contributed by atoms with van der Waals surface area (Å²) in [5.74, 6) is 0. The van der Waals surface area contributed by atoms with Gasteiger partial charge in [0.05, 0.1) is 4.88 Å². The van der Waals surface area contributed by atoms with Crippen molar-refractivity contribution >= 4 is 17.6 Å². The highest BCUT2D eigenvalue weighted by Crippen LogP contribution is 2.11. The fraction of sp³-hybridized carbons (Fsp3) is 0.286. The Balaban J connectivity index is 2.86. The smallest absolute Gasteiger partial charge is 0.191 e. The third-order valence-electron chi connectivity index (χ3n) is 1.07. The van der Waals surface area contributed by atoms with Gasteiger partial charge in [-0.25, -0.2) is 4.74 Å². The Hall–Kier alpha value is -0.830. The second-order valence-corrected chi connectivity index (χ2v) is 3.44. The lowest BCUT2D eigenvalue weighted by molar-refractivity contribution is -0.416. The number of hydrogen-bond acceptors (Lipinski definition) is 2. The van der Waals surface area contributed by atoms with Gasteiger partial charge in [-0.3, -0.25) is 0 Å². The molecule has 3 heteroatoms. The lowest BCUT2D eigenvalue weighted by atomic mass is 10.4. The minimum Gasteiger partial charge on any atom is -0.624 e. The summed E-state index contributed by atoms with van der Waals surface area (Å²) in [5.41, 5.74) is 0. The summed E-state index contributed by atoms with van der Waals surface area (Å²) in [6.45, 7) is 2.02. The monoisotopic (exact) mass is 155 g/mol. The van der Waals surface area contributed by atoms with Crippen molar-refractivity contribution in [3.63, 3.8) is 0 Å². The summed E-state index contributed by atoms with van der Waals surface area (Å²) in [6, 6.07) is 3.94. The van der Waals surface area contributed by atoms with Gasteiger partial charge < -0.3 is 5.21 Å². The Morgan fingerprint density at radius 1 is 1.60 bits per heavy atom. The second kappa shape index (κ2) is 2.84. The molecule has 0 saturated heterocycles. The zero-order valence-electron chi connectivity index (χ0n) is 6.00. The summed E-state index contributed by atoms with van der Waals surface area (Å²) < 4.78 is 0.811. The van der Waals surface area contributed by atoms with Gasteiger partial charge in [0, 0.05) is 4.88 Å². The van der Waals surface area contributed by atoms with Crippen molar-refractivity contribution in [2.24, 2.45) is 0 Å². The summed E-state index contributed by atoms with van der Waals surface area (Å²) in [4.78, 5) is 2.24. The van der Waals surface area contributed by atoms with Gasteiger partial charge in [0.1, 0.15) is 7.05 Å². The average Bonchev–Trinajstić information content (AvgIpc) is 2.13. The molecule has 2 nitrogen and oxygen atoms in total. The van der Waals surface area contributed by atoms with Crippen LogP contribution in [0.1, 0.15) is 9.75 Å². The molecular formula is C7H9NOS. The molecule has 0 spiro atoms. The zero-order valence-corrected chi connectivity index (χ0v) is 6.81. The molecule has 54 valence electrons. The van der Waals surface area contributed by atoms with Gasteiger partial charge in [0.15, 0.2) is 6.21 Å². The van der Waals surface area contributed by atoms with E-state index in [1.54, 1.807) is 17.6 Å². The van der Waals surface area contributed by atoms with E-state index in [1.165, 1.54) is 11.9 Å². The quantitative estimate of drug-likeness (QED) is 0.262. The predicted molar refractivity (Wildman–Crippen MR) is 43.8 cm³/mol. The molecule has 0 N–H and O–H groups in total. The number of hydroxylamine groups is 1. The number of rotatable bonds is 1. The molecule has 1 aromatic rings. The molecule has 0 atom stereocenters. The van der Waals surface area contributed by atoms with Crippen LogP contribution in [0.25, 0.3) is 0 Å². The molecule has 0 bridgehead atoms. The fourth-order valence-electron chi connectivity index (χ4n) is 0.702. The van der Waals surface area contributed by atoms with E-state index in [9.17, 15) is 5.21 Å². The van der Waals surface area contributed by atoms with Crippen LogP contribution < -0.4 is 0 Å². The van der Waals surface area contributed by atoms with Gasteiger partial charge in [0.25, 0.3) is 0 Å². The number of aryl methyl sites for hydroxylation is 1. The maximum absolute atomic E-state index is 10.5. The minimum atomic E-state index is 0.811. The highest BCUT2D eigenvalue weighted by molar-refractivity contribution is 7.13. The zero-order chi connectivity index (χ0) is 7.56. The van der Waals surface area contributed by atoms with Gasteiger partial charge in [-0.05, 0) is 19.1 Å². The number of nitrogens with zero attached hydrogens (tertiary/aromatic N) is 1. The first-order valence-corrected chi connectivity index (χ1v) is 3.81. The molecule has 0 saturated carbocycles. The lowest BCUT2D eigenvalue weighted by Gasteiger charge is -1.90. The van der Waals surface area contributed by atoms with E-state index in [4.69, 9.17) is 0 Å². The first-order valence-electron chi connectivity index (χ1n) is 3.00. The first-order chi connectivity index (χ1) is 4.68. The second-order valence-electron chi connectivity index (χ2n) is 2.12. The van der Waals surface area contributed by atoms with E-state index >= 15 is 0 Å². The van der Waals surface area contributed by atoms with Gasteiger partial charge in [-0.2, -0.15) is 0 Å². The predicted octanol–water partition coefficient (Wildman–Crippen LogP) is 1.62. The normalized spacial score (nSPS) is 12.0. The van der Waals surface area contributed by atoms with Gasteiger partial charge in [-0.1, -0.05) is 0 Å². The van der Waals surface area contributed by atoms with Crippen molar-refractivity contribution in [3.8, 4) is 0 Å². The van der Waals surface area contributed by atoms with Crippen molar-refractivity contribution in [3.05, 3.63) is 27.1 Å². The number of hydrogen-bond donors (Lipinski definition) is 0. The summed E-state index contributed by atoms with van der Waals surface area (Å²) in [5, 5.41) is 10.5. The highest BCUT2D eigenvalue weighted by atomic mass is 32.1. The fourth-order valence-corrected chi connectivity index (χ4v) is 1.55. The van der Waals surface area contributed by atoms with Crippen LogP contribution in [0, 0.1) is 12.1 Å². The third kappa shape index (κ3) is 1.84. The standard InChI is InChI=1S/C7H9NOS/c1-6-3-4-7(10-6)5-8(2)9/h3-5H,1-2H3/b8-5-. The van der Waals surface area contributed by atoms with Crippen molar-refractivity contribution < 1.29 is 4.74 Å². The first kappa shape index (κ1) is 7.28. The van der Waals surface area contributed by atoms with Crippen LogP contribution in [0.5, 0.6) is 0 Å². The average molecular weight is 155 g/mol. The van der Waals surface area contributed by atoms with Gasteiger partial charge in [-0.15, -0.1) is 11.3 Å². The molecule has 0 radical (unpaired) electrons. The van der Waals surface area contributed by atoms with Gasteiger partial charge in [0.2, 0.25) is 0 Å². The SMILES string of the molecule is Cc1ccc(/C=[N+](/C)[O-])s1. The van der Waals surface area contributed by atoms with Gasteiger partial charge >= 0.3 is 0 Å². The maximum Gasteiger partial charge on any atom is 0.191 e. The minimum absolute atomic E-state index is 0.811. The summed E-state index contributed by atoms with van der Waals surface area (Å²) in [7, 11) is 1.48. The van der Waals surface area contributed by atoms with Crippen molar-refractivity contribution in [1.29, 1.82) is 0 Å². The molecule has 0 fully saturated rings. The lowest BCUT2D eigenvalue weighted by Crippen LogP contribution is -1.94. The number of thiophene rings is 1. The van der Waals surface area contributed by atoms with Crippen LogP contribution in [0.2, 0.25) is 0 Å². The van der Waals surface area contributed by atoms with Crippen molar-refractivity contribution in [1.82, 2.24) is 0 Å². The molecule has 0 amide bonds. The molecular weight excluding hydrogens is 146 g/mol. The molecule has 1 heterocycles. The summed E-state index contributed by atoms with van der Waals surface area (Å²) >= 11 is 1.62. The molecule has 0 aliphatic heterocycles. The Bertz CT molecular complexity index is 248. The van der Waals surface area contributed by atoms with E-state index in [0.29, 0.717) is 0 Å². The molecule has 1 aromatic heterocycles. The van der Waals surface area contributed by atoms with E-state index < -0.39 is 0 Å². The van der Waals surface area contributed by atoms with Crippen molar-refractivity contribution in [2.45, 2.75) is 6.92 Å². The van der Waals surface area contributed by atoms with Crippen LogP contribution in [-0.2, 0) is 0 Å². The highest BCUT2D eigenvalue weighted by Gasteiger charge is 1.94. The van der Waals surface area contributed by atoms with Crippen LogP contribution in [-0.4, -0.2) is 18.0 Å². The summed E-state index contributed by atoms with van der Waals surface area (Å²) in [6.07, 6.45) is 1.57. The molecule has 10 heavy (non-hydrogen) atoms. The molecule has 0 unspecified atom stereocenters. The van der Waals surface area contributed by atoms with Crippen molar-refractivity contribution in [2.75, 3.05) is 7.05 Å². The molecule has 0 aromatic carbocycles. The topological polar surface area (TPSA) is 26.1 Å². The Kier molecular flexibility index (Phi) is 2.06. The Morgan fingerprint density at radius 3 is 2.70 bits per heavy atom. The van der Waals surface area contributed by atoms with E-state index in [0.717, 1.165) is 9.62 Å².